The van der Waals surface area contributed by atoms with Crippen LogP contribution in [0.1, 0.15) is 31.2 Å². The smallest absolute Gasteiger partial charge is 0.204 e. The molecule has 1 aromatic rings. The molecule has 1 heterocycles. The van der Waals surface area contributed by atoms with Crippen LogP contribution < -0.4 is 0 Å². The molecule has 1 spiro atoms. The molecule has 3 aliphatic rings. The Morgan fingerprint density at radius 3 is 2.72 bits per heavy atom. The first-order chi connectivity index (χ1) is 14.2. The summed E-state index contributed by atoms with van der Waals surface area (Å²) in [5, 5.41) is 0. The predicted octanol–water partition coefficient (Wildman–Crippen LogP) is 2.67. The van der Waals surface area contributed by atoms with E-state index in [2.05, 4.69) is 0 Å². The van der Waals surface area contributed by atoms with Gasteiger partial charge in [0.05, 0.1) is 18.6 Å². The number of methoxy groups -OCH3 is 2. The molecule has 2 aliphatic carbocycles. The third-order valence-electron chi connectivity index (χ3n) is 7.02. The topological polar surface area (TPSA) is 72.5 Å². The molecule has 3 fully saturated rings. The van der Waals surface area contributed by atoms with E-state index in [9.17, 15) is 4.79 Å². The van der Waals surface area contributed by atoms with Gasteiger partial charge in [-0.3, -0.25) is 0 Å². The van der Waals surface area contributed by atoms with Crippen LogP contribution in [0.2, 0.25) is 0 Å². The van der Waals surface area contributed by atoms with Gasteiger partial charge >= 0.3 is 0 Å². The number of hydrogen-bond acceptors (Lipinski definition) is 7. The minimum Gasteiger partial charge on any atom is -0.359 e. The highest BCUT2D eigenvalue weighted by atomic mass is 16.8. The normalized spacial score (nSPS) is 38.1. The van der Waals surface area contributed by atoms with Crippen molar-refractivity contribution in [3.8, 4) is 0 Å². The lowest BCUT2D eigenvalue weighted by Crippen LogP contribution is -2.58. The summed E-state index contributed by atoms with van der Waals surface area (Å²) in [6.45, 7) is 1.08. The third kappa shape index (κ3) is 3.07. The Balaban J connectivity index is 1.53. The van der Waals surface area contributed by atoms with Gasteiger partial charge in [-0.15, -0.1) is 0 Å². The number of carbonyl (C=O) groups excluding carboxylic acids is 1. The van der Waals surface area contributed by atoms with Gasteiger partial charge < -0.3 is 33.2 Å². The molecule has 0 radical (unpaired) electrons. The van der Waals surface area contributed by atoms with Crippen molar-refractivity contribution in [2.45, 2.75) is 49.8 Å². The second-order valence-electron chi connectivity index (χ2n) is 8.12. The van der Waals surface area contributed by atoms with Crippen molar-refractivity contribution in [3.63, 3.8) is 0 Å². The summed E-state index contributed by atoms with van der Waals surface area (Å²) in [7, 11) is 3.20. The van der Waals surface area contributed by atoms with E-state index in [4.69, 9.17) is 28.4 Å². The Labute approximate surface area is 171 Å². The second-order valence-corrected chi connectivity index (χ2v) is 8.12. The van der Waals surface area contributed by atoms with Crippen molar-refractivity contribution < 1.29 is 33.2 Å². The van der Waals surface area contributed by atoms with Crippen molar-refractivity contribution in [1.82, 2.24) is 0 Å². The van der Waals surface area contributed by atoms with Gasteiger partial charge in [0.25, 0.3) is 0 Å². The summed E-state index contributed by atoms with van der Waals surface area (Å²) in [6, 6.07) is 9.97. The maximum atomic E-state index is 12.1. The lowest BCUT2D eigenvalue weighted by atomic mass is 9.66. The van der Waals surface area contributed by atoms with Gasteiger partial charge in [0.15, 0.2) is 0 Å². The highest BCUT2D eigenvalue weighted by Gasteiger charge is 2.81. The molecule has 2 unspecified atom stereocenters. The highest BCUT2D eigenvalue weighted by Crippen LogP contribution is 2.70. The lowest BCUT2D eigenvalue weighted by molar-refractivity contribution is -0.297. The van der Waals surface area contributed by atoms with Crippen LogP contribution in [0.15, 0.2) is 30.3 Å². The van der Waals surface area contributed by atoms with E-state index in [1.807, 2.05) is 30.3 Å². The number of hydrogen-bond donors (Lipinski definition) is 0. The summed E-state index contributed by atoms with van der Waals surface area (Å²) in [6.07, 6.45) is 3.68. The van der Waals surface area contributed by atoms with E-state index < -0.39 is 22.9 Å². The summed E-state index contributed by atoms with van der Waals surface area (Å²) in [4.78, 5) is 12.1. The maximum absolute atomic E-state index is 12.1. The molecule has 0 amide bonds. The zero-order valence-corrected chi connectivity index (χ0v) is 17.1. The van der Waals surface area contributed by atoms with E-state index in [-0.39, 0.29) is 19.5 Å². The van der Waals surface area contributed by atoms with E-state index in [1.165, 1.54) is 0 Å². The molecule has 0 bridgehead atoms. The third-order valence-corrected chi connectivity index (χ3v) is 7.02. The molecular formula is C22H30O7. The summed E-state index contributed by atoms with van der Waals surface area (Å²) in [5.74, 6) is -1.30. The lowest BCUT2D eigenvalue weighted by Gasteiger charge is -2.45. The molecule has 2 saturated carbocycles. The fourth-order valence-corrected chi connectivity index (χ4v) is 5.90. The Hall–Kier alpha value is -1.35. The average Bonchev–Trinajstić information content (AvgIpc) is 3.34. The molecule has 5 atom stereocenters. The van der Waals surface area contributed by atoms with Crippen LogP contribution in [0.3, 0.4) is 0 Å². The highest BCUT2D eigenvalue weighted by molar-refractivity contribution is 5.59. The maximum Gasteiger partial charge on any atom is 0.204 e. The number of ether oxygens (including phenoxy) is 6. The van der Waals surface area contributed by atoms with Gasteiger partial charge in [-0.2, -0.15) is 0 Å². The van der Waals surface area contributed by atoms with Crippen LogP contribution in [0.25, 0.3) is 0 Å². The van der Waals surface area contributed by atoms with Gasteiger partial charge in [-0.1, -0.05) is 30.3 Å². The van der Waals surface area contributed by atoms with Gasteiger partial charge in [-0.25, -0.2) is 0 Å². The Morgan fingerprint density at radius 2 is 2.00 bits per heavy atom. The van der Waals surface area contributed by atoms with Crippen LogP contribution in [0.4, 0.5) is 0 Å². The van der Waals surface area contributed by atoms with Gasteiger partial charge in [-0.05, 0) is 31.2 Å². The van der Waals surface area contributed by atoms with E-state index in [0.29, 0.717) is 19.6 Å². The molecule has 1 saturated heterocycles. The zero-order valence-electron chi connectivity index (χ0n) is 17.1. The molecule has 7 nitrogen and oxygen atoms in total. The van der Waals surface area contributed by atoms with E-state index in [1.54, 1.807) is 14.2 Å². The summed E-state index contributed by atoms with van der Waals surface area (Å²) in [5.41, 5.74) is -0.134. The molecule has 160 valence electrons. The quantitative estimate of drug-likeness (QED) is 0.336. The van der Waals surface area contributed by atoms with Crippen LogP contribution >= 0.6 is 0 Å². The fourth-order valence-electron chi connectivity index (χ4n) is 5.90. The summed E-state index contributed by atoms with van der Waals surface area (Å²) < 4.78 is 35.5. The minimum absolute atomic E-state index is 0.120. The number of benzene rings is 1. The van der Waals surface area contributed by atoms with Crippen molar-refractivity contribution in [2.75, 3.05) is 34.4 Å². The summed E-state index contributed by atoms with van der Waals surface area (Å²) >= 11 is 0. The largest absolute Gasteiger partial charge is 0.359 e. The van der Waals surface area contributed by atoms with Crippen molar-refractivity contribution in [1.29, 1.82) is 0 Å². The SMILES string of the molecule is COCOC1CC(C=O)[C@]23CCC[C@@]2(OCOCc2ccccc2)CO[C@]13OC. The van der Waals surface area contributed by atoms with Crippen molar-refractivity contribution in [3.05, 3.63) is 35.9 Å². The van der Waals surface area contributed by atoms with Crippen LogP contribution in [0.5, 0.6) is 0 Å². The standard InChI is InChI=1S/C22H30O7/c1-24-15-27-19-11-18(12-23)21-10-6-9-20(21,14-28-22(19,21)25-2)29-16-26-13-17-7-4-3-5-8-17/h3-5,7-8,12,18-19H,6,9-11,13-16H2,1-2H3/t18?,19?,20-,21-,22-/m1/s1. The van der Waals surface area contributed by atoms with Crippen molar-refractivity contribution in [2.24, 2.45) is 11.3 Å². The van der Waals surface area contributed by atoms with Crippen LogP contribution in [-0.2, 0) is 39.8 Å². The molecule has 1 aliphatic heterocycles. The predicted molar refractivity (Wildman–Crippen MR) is 103 cm³/mol. The Kier molecular flexibility index (Phi) is 6.06. The Bertz CT molecular complexity index is 698. The second kappa shape index (κ2) is 8.41. The monoisotopic (exact) mass is 406 g/mol. The van der Waals surface area contributed by atoms with E-state index >= 15 is 0 Å². The van der Waals surface area contributed by atoms with Crippen LogP contribution in [-0.4, -0.2) is 58.2 Å². The average molecular weight is 406 g/mol. The molecule has 4 rings (SSSR count). The first-order valence-corrected chi connectivity index (χ1v) is 10.2. The zero-order chi connectivity index (χ0) is 20.4. The van der Waals surface area contributed by atoms with Gasteiger partial charge in [0, 0.05) is 20.1 Å². The minimum atomic E-state index is -1.02. The number of carbonyl (C=O) groups is 1. The molecular weight excluding hydrogens is 376 g/mol. The van der Waals surface area contributed by atoms with Gasteiger partial charge in [0.1, 0.15) is 31.6 Å². The molecule has 7 heteroatoms. The van der Waals surface area contributed by atoms with Crippen LogP contribution in [0, 0.1) is 11.3 Å². The van der Waals surface area contributed by atoms with E-state index in [0.717, 1.165) is 31.1 Å². The first-order valence-electron chi connectivity index (χ1n) is 10.2. The number of rotatable bonds is 10. The first kappa shape index (κ1) is 20.9. The van der Waals surface area contributed by atoms with Crippen molar-refractivity contribution >= 4 is 6.29 Å². The number of aldehydes is 1. The van der Waals surface area contributed by atoms with Gasteiger partial charge in [0.2, 0.25) is 5.79 Å². The molecule has 1 aromatic carbocycles. The molecule has 0 aromatic heterocycles. The molecule has 29 heavy (non-hydrogen) atoms. The fraction of sp³-hybridized carbons (Fsp3) is 0.682. The molecule has 0 N–H and O–H groups in total. The Morgan fingerprint density at radius 1 is 1.17 bits per heavy atom.